The number of nitrogens with one attached hydrogen (secondary N) is 2. The van der Waals surface area contributed by atoms with Crippen LogP contribution in [0.1, 0.15) is 24.2 Å². The number of pyridine rings is 2. The van der Waals surface area contributed by atoms with E-state index < -0.39 is 0 Å². The number of nitrogens with zero attached hydrogens (tertiary/aromatic N) is 6. The maximum absolute atomic E-state index is 13.1. The van der Waals surface area contributed by atoms with Crippen LogP contribution in [-0.4, -0.2) is 80.1 Å². The van der Waals surface area contributed by atoms with Crippen LogP contribution in [0.25, 0.3) is 37.2 Å². The number of amides is 1. The van der Waals surface area contributed by atoms with Gasteiger partial charge in [0.05, 0.1) is 35.3 Å². The maximum Gasteiger partial charge on any atom is 0.261 e. The summed E-state index contributed by atoms with van der Waals surface area (Å²) in [5, 5.41) is 12.5. The smallest absolute Gasteiger partial charge is 0.261 e. The topological polar surface area (TPSA) is 122 Å². The quantitative estimate of drug-likeness (QED) is 0.322. The molecule has 37 heavy (non-hydrogen) atoms. The number of rotatable bonds is 8. The van der Waals surface area contributed by atoms with Gasteiger partial charge >= 0.3 is 0 Å². The molecule has 0 aliphatic carbocycles. The van der Waals surface area contributed by atoms with Gasteiger partial charge in [-0.3, -0.25) is 19.3 Å². The lowest BCUT2D eigenvalue weighted by molar-refractivity contribution is 0.0323. The van der Waals surface area contributed by atoms with Crippen LogP contribution in [0.4, 0.5) is 0 Å². The molecule has 0 saturated carbocycles. The Balaban J connectivity index is 1.25. The zero-order chi connectivity index (χ0) is 25.7. The average Bonchev–Trinajstić information content (AvgIpc) is 3.55. The van der Waals surface area contributed by atoms with Gasteiger partial charge in [-0.05, 0) is 11.5 Å². The minimum Gasteiger partial charge on any atom is -0.383 e. The predicted octanol–water partition coefficient (Wildman–Crippen LogP) is 2.37. The molecule has 5 aromatic rings. The van der Waals surface area contributed by atoms with Gasteiger partial charge in [-0.25, -0.2) is 4.52 Å². The normalized spacial score (nSPS) is 15.5. The Labute approximate surface area is 216 Å². The van der Waals surface area contributed by atoms with Crippen molar-refractivity contribution in [3.05, 3.63) is 46.8 Å². The van der Waals surface area contributed by atoms with E-state index >= 15 is 0 Å². The van der Waals surface area contributed by atoms with Gasteiger partial charge in [0, 0.05) is 57.4 Å². The molecule has 1 saturated heterocycles. The van der Waals surface area contributed by atoms with Gasteiger partial charge in [0.1, 0.15) is 21.3 Å². The summed E-state index contributed by atoms with van der Waals surface area (Å²) in [7, 11) is 1.66. The molecule has 0 aromatic carbocycles. The fourth-order valence-electron chi connectivity index (χ4n) is 4.96. The Morgan fingerprint density at radius 2 is 2.05 bits per heavy atom. The molecule has 11 nitrogen and oxygen atoms in total. The predicted molar refractivity (Wildman–Crippen MR) is 142 cm³/mol. The number of methoxy groups -OCH3 is 1. The number of fused-ring (bicyclic) bond motifs is 5. The minimum atomic E-state index is -0.263. The number of ether oxygens (including phenoxy) is 1. The molecule has 5 aromatic heterocycles. The number of likely N-dealkylation sites (tertiary alicyclic amines) is 1. The molecular weight excluding hydrogens is 492 g/mol. The first-order valence-electron chi connectivity index (χ1n) is 12.2. The monoisotopic (exact) mass is 520 g/mol. The van der Waals surface area contributed by atoms with Gasteiger partial charge in [0.15, 0.2) is 0 Å². The Morgan fingerprint density at radius 1 is 1.22 bits per heavy atom. The summed E-state index contributed by atoms with van der Waals surface area (Å²) < 4.78 is 8.65. The van der Waals surface area contributed by atoms with E-state index in [2.05, 4.69) is 44.2 Å². The van der Waals surface area contributed by atoms with Crippen molar-refractivity contribution in [2.24, 2.45) is 5.41 Å². The Kier molecular flexibility index (Phi) is 5.81. The summed E-state index contributed by atoms with van der Waals surface area (Å²) in [5.74, 6) is -0.211. The fourth-order valence-corrected chi connectivity index (χ4v) is 6.02. The van der Waals surface area contributed by atoms with E-state index in [0.29, 0.717) is 52.6 Å². The summed E-state index contributed by atoms with van der Waals surface area (Å²) in [6, 6.07) is 1.67. The largest absolute Gasteiger partial charge is 0.383 e. The number of carbonyl (C=O) groups excluding carboxylic acids is 1. The second kappa shape index (κ2) is 9.05. The lowest BCUT2D eigenvalue weighted by Crippen LogP contribution is -2.54. The Hall–Kier alpha value is -3.61. The van der Waals surface area contributed by atoms with Crippen molar-refractivity contribution < 1.29 is 9.53 Å². The first-order chi connectivity index (χ1) is 17.8. The summed E-state index contributed by atoms with van der Waals surface area (Å²) in [4.78, 5) is 37.2. The number of carbonyl (C=O) groups is 1. The number of hydrogen-bond donors (Lipinski definition) is 2. The molecule has 12 heteroatoms. The first-order valence-corrected chi connectivity index (χ1v) is 13.0. The van der Waals surface area contributed by atoms with Crippen LogP contribution in [-0.2, 0) is 11.3 Å². The molecule has 0 spiro atoms. The molecule has 6 heterocycles. The molecular formula is C25H28N8O3S. The van der Waals surface area contributed by atoms with Crippen molar-refractivity contribution >= 4 is 44.0 Å². The molecule has 1 aliphatic rings. The van der Waals surface area contributed by atoms with Gasteiger partial charge in [-0.2, -0.15) is 10.2 Å². The standard InChI is InChI=1S/C25H28N8O3S/c1-25(2)13-31(14-25)5-4-26-22(34)15-8-17-20(27-9-15)21-19(23(35)29-17)24-33(30-21)12-18(37-24)16-10-28-32(11-16)6-7-36-3/h8-12H,4-7,13-14H2,1-3H3,(H,26,34)(H,29,35). The van der Waals surface area contributed by atoms with Crippen LogP contribution in [0.15, 0.2) is 35.6 Å². The molecule has 6 rings (SSSR count). The van der Waals surface area contributed by atoms with Gasteiger partial charge in [0.2, 0.25) is 0 Å². The molecule has 1 fully saturated rings. The second-order valence-electron chi connectivity index (χ2n) is 10.3. The highest BCUT2D eigenvalue weighted by atomic mass is 32.1. The van der Waals surface area contributed by atoms with Crippen LogP contribution in [0.3, 0.4) is 0 Å². The third kappa shape index (κ3) is 4.41. The van der Waals surface area contributed by atoms with E-state index in [1.165, 1.54) is 17.5 Å². The van der Waals surface area contributed by atoms with E-state index in [1.807, 2.05) is 17.1 Å². The zero-order valence-electron chi connectivity index (χ0n) is 20.9. The van der Waals surface area contributed by atoms with Crippen molar-refractivity contribution in [2.75, 3.05) is 39.9 Å². The summed E-state index contributed by atoms with van der Waals surface area (Å²) in [6.45, 7) is 9.18. The lowest BCUT2D eigenvalue weighted by atomic mass is 9.84. The molecule has 1 amide bonds. The zero-order valence-corrected chi connectivity index (χ0v) is 21.8. The Bertz CT molecular complexity index is 1690. The van der Waals surface area contributed by atoms with E-state index in [4.69, 9.17) is 4.74 Å². The third-order valence-corrected chi connectivity index (χ3v) is 7.77. The van der Waals surface area contributed by atoms with Gasteiger partial charge < -0.3 is 19.9 Å². The number of aromatic nitrogens is 6. The van der Waals surface area contributed by atoms with Gasteiger partial charge in [-0.1, -0.05) is 13.8 Å². The molecule has 1 aliphatic heterocycles. The molecule has 0 bridgehead atoms. The first kappa shape index (κ1) is 23.8. The highest BCUT2D eigenvalue weighted by molar-refractivity contribution is 7.21. The van der Waals surface area contributed by atoms with Crippen LogP contribution in [0, 0.1) is 5.41 Å². The SMILES string of the molecule is COCCn1cc(-c2cn3nc4c5ncc(C(=O)NCCN6CC(C)(C)C6)cc5[nH]c(=O)c4c3s2)cn1. The molecule has 0 radical (unpaired) electrons. The van der Waals surface area contributed by atoms with E-state index in [9.17, 15) is 9.59 Å². The van der Waals surface area contributed by atoms with Crippen LogP contribution in [0.5, 0.6) is 0 Å². The van der Waals surface area contributed by atoms with Crippen molar-refractivity contribution in [1.82, 2.24) is 39.6 Å². The van der Waals surface area contributed by atoms with Crippen LogP contribution >= 0.6 is 11.3 Å². The number of H-pyrrole nitrogens is 1. The van der Waals surface area contributed by atoms with Crippen LogP contribution < -0.4 is 10.9 Å². The number of thiazole rings is 1. The van der Waals surface area contributed by atoms with Crippen LogP contribution in [0.2, 0.25) is 0 Å². The molecule has 2 N–H and O–H groups in total. The van der Waals surface area contributed by atoms with Crippen molar-refractivity contribution in [1.29, 1.82) is 0 Å². The lowest BCUT2D eigenvalue weighted by Gasteiger charge is -2.45. The molecule has 192 valence electrons. The van der Waals surface area contributed by atoms with E-state index in [0.717, 1.165) is 34.9 Å². The highest BCUT2D eigenvalue weighted by Gasteiger charge is 2.33. The fraction of sp³-hybridized carbons (Fsp3) is 0.400. The second-order valence-corrected chi connectivity index (χ2v) is 11.3. The van der Waals surface area contributed by atoms with E-state index in [-0.39, 0.29) is 11.5 Å². The number of aromatic amines is 1. The van der Waals surface area contributed by atoms with E-state index in [1.54, 1.807) is 23.9 Å². The molecule has 0 atom stereocenters. The van der Waals surface area contributed by atoms with Crippen molar-refractivity contribution in [2.45, 2.75) is 20.4 Å². The molecule has 0 unspecified atom stereocenters. The van der Waals surface area contributed by atoms with Crippen molar-refractivity contribution in [3.8, 4) is 10.4 Å². The van der Waals surface area contributed by atoms with Gasteiger partial charge in [0.25, 0.3) is 11.5 Å². The van der Waals surface area contributed by atoms with Gasteiger partial charge in [-0.15, -0.1) is 11.3 Å². The average molecular weight is 521 g/mol. The minimum absolute atomic E-state index is 0.211. The maximum atomic E-state index is 13.1. The summed E-state index contributed by atoms with van der Waals surface area (Å²) in [6.07, 6.45) is 7.17. The Morgan fingerprint density at radius 3 is 2.84 bits per heavy atom. The summed E-state index contributed by atoms with van der Waals surface area (Å²) in [5.41, 5.74) is 3.00. The summed E-state index contributed by atoms with van der Waals surface area (Å²) >= 11 is 1.47. The number of hydrogen-bond acceptors (Lipinski definition) is 8. The third-order valence-electron chi connectivity index (χ3n) is 6.62. The highest BCUT2D eigenvalue weighted by Crippen LogP contribution is 2.33. The van der Waals surface area contributed by atoms with Crippen molar-refractivity contribution in [3.63, 3.8) is 0 Å².